The van der Waals surface area contributed by atoms with Gasteiger partial charge in [-0.3, -0.25) is 9.59 Å². The lowest BCUT2D eigenvalue weighted by molar-refractivity contribution is -0.887. The van der Waals surface area contributed by atoms with Crippen molar-refractivity contribution in [3.63, 3.8) is 0 Å². The third kappa shape index (κ3) is 50.3. The lowest BCUT2D eigenvalue weighted by Crippen LogP contribution is -2.50. The number of quaternary nitrogens is 1. The van der Waals surface area contributed by atoms with Crippen LogP contribution in [-0.4, -0.2) is 80.6 Å². The summed E-state index contributed by atoms with van der Waals surface area (Å²) in [5, 5.41) is 9.68. The molecule has 0 aromatic carbocycles. The van der Waals surface area contributed by atoms with Crippen LogP contribution in [0.15, 0.2) is 36.5 Å². The zero-order chi connectivity index (χ0) is 50.6. The molecule has 0 spiro atoms. The first-order chi connectivity index (χ1) is 33.6. The molecule has 0 heterocycles. The Labute approximate surface area is 427 Å². The molecule has 0 saturated heterocycles. The Hall–Kier alpha value is -2.45. The quantitative estimate of drug-likeness (QED) is 0.0280. The molecule has 8 heteroatoms. The summed E-state index contributed by atoms with van der Waals surface area (Å²) in [5.74, 6) is -1.45. The fourth-order valence-electron chi connectivity index (χ4n) is 9.05. The largest absolute Gasteiger partial charge is 0.477 e. The van der Waals surface area contributed by atoms with Crippen molar-refractivity contribution in [3.8, 4) is 0 Å². The number of rotatable bonds is 54. The first-order valence-corrected chi connectivity index (χ1v) is 29.5. The molecule has 2 atom stereocenters. The van der Waals surface area contributed by atoms with Crippen LogP contribution in [0.3, 0.4) is 0 Å². The monoisotopic (exact) mass is 973 g/mol. The van der Waals surface area contributed by atoms with Crippen LogP contribution in [-0.2, 0) is 28.6 Å². The third-order valence-electron chi connectivity index (χ3n) is 13.6. The minimum absolute atomic E-state index is 0.0468. The number of esters is 2. The second-order valence-corrected chi connectivity index (χ2v) is 21.2. The minimum atomic E-state index is -0.870. The lowest BCUT2D eigenvalue weighted by atomic mass is 10.0. The van der Waals surface area contributed by atoms with E-state index in [1.807, 2.05) is 21.1 Å². The summed E-state index contributed by atoms with van der Waals surface area (Å²) in [6.07, 6.45) is 63.5. The average Bonchev–Trinajstić information content (AvgIpc) is 3.31. The van der Waals surface area contributed by atoms with E-state index in [-0.39, 0.29) is 36.2 Å². The van der Waals surface area contributed by atoms with Gasteiger partial charge in [0.25, 0.3) is 0 Å². The Morgan fingerprint density at radius 2 is 0.812 bits per heavy atom. The number of carboxylic acids is 1. The van der Waals surface area contributed by atoms with Crippen molar-refractivity contribution in [1.82, 2.24) is 0 Å². The molecule has 0 saturated carbocycles. The van der Waals surface area contributed by atoms with Gasteiger partial charge in [0, 0.05) is 19.3 Å². The van der Waals surface area contributed by atoms with Crippen molar-refractivity contribution >= 4 is 17.9 Å². The molecule has 404 valence electrons. The smallest absolute Gasteiger partial charge is 0.362 e. The maximum atomic E-state index is 12.9. The highest BCUT2D eigenvalue weighted by Crippen LogP contribution is 2.18. The second kappa shape index (κ2) is 51.9. The van der Waals surface area contributed by atoms with E-state index in [0.29, 0.717) is 19.3 Å². The summed E-state index contributed by atoms with van der Waals surface area (Å²) in [6, 6.07) is -0.614. The summed E-state index contributed by atoms with van der Waals surface area (Å²) in [6.45, 7) is 4.69. The predicted octanol–water partition coefficient (Wildman–Crippen LogP) is 17.7. The SMILES string of the molecule is CC/C=C/C/C=C/C/C=C/CCCCCCCCCCCCCCCC(=O)OCC(COCCC(C(=O)O)[N+](C)(C)C)OC(=O)CCCCCCCCCCCCCCCCCCCCCCCC. The van der Waals surface area contributed by atoms with Crippen LogP contribution in [0, 0.1) is 0 Å². The fourth-order valence-corrected chi connectivity index (χ4v) is 9.05. The Kier molecular flexibility index (Phi) is 50.0. The fraction of sp³-hybridized carbons (Fsp3) is 0.852. The molecule has 0 amide bonds. The van der Waals surface area contributed by atoms with Crippen molar-refractivity contribution in [2.45, 2.75) is 296 Å². The minimum Gasteiger partial charge on any atom is -0.477 e. The summed E-state index contributed by atoms with van der Waals surface area (Å²) in [7, 11) is 5.55. The summed E-state index contributed by atoms with van der Waals surface area (Å²) in [4.78, 5) is 37.3. The molecule has 0 bridgehead atoms. The van der Waals surface area contributed by atoms with Crippen LogP contribution in [0.2, 0.25) is 0 Å². The van der Waals surface area contributed by atoms with Crippen LogP contribution in [0.5, 0.6) is 0 Å². The van der Waals surface area contributed by atoms with Crippen LogP contribution in [0.25, 0.3) is 0 Å². The maximum absolute atomic E-state index is 12.9. The normalized spacial score (nSPS) is 13.0. The van der Waals surface area contributed by atoms with Gasteiger partial charge in [0.05, 0.1) is 34.4 Å². The number of ether oxygens (including phenoxy) is 3. The number of aliphatic carboxylic acids is 1. The zero-order valence-corrected chi connectivity index (χ0v) is 46.3. The molecule has 0 aliphatic heterocycles. The van der Waals surface area contributed by atoms with Gasteiger partial charge in [0.15, 0.2) is 12.1 Å². The molecule has 8 nitrogen and oxygen atoms in total. The highest BCUT2D eigenvalue weighted by Gasteiger charge is 2.31. The molecule has 0 aromatic heterocycles. The molecule has 0 radical (unpaired) electrons. The number of likely N-dealkylation sites (N-methyl/N-ethyl adjacent to an activating group) is 1. The van der Waals surface area contributed by atoms with Gasteiger partial charge in [-0.2, -0.15) is 0 Å². The van der Waals surface area contributed by atoms with E-state index >= 15 is 0 Å². The van der Waals surface area contributed by atoms with Crippen LogP contribution in [0.1, 0.15) is 284 Å². The number of carboxylic acid groups (broad SMARTS) is 1. The Morgan fingerprint density at radius 1 is 0.449 bits per heavy atom. The van der Waals surface area contributed by atoms with Crippen molar-refractivity contribution < 1.29 is 38.2 Å². The van der Waals surface area contributed by atoms with Gasteiger partial charge in [0.2, 0.25) is 0 Å². The van der Waals surface area contributed by atoms with Crippen molar-refractivity contribution in [2.24, 2.45) is 0 Å². The topological polar surface area (TPSA) is 99.1 Å². The van der Waals surface area contributed by atoms with E-state index in [9.17, 15) is 19.5 Å². The van der Waals surface area contributed by atoms with Crippen molar-refractivity contribution in [3.05, 3.63) is 36.5 Å². The Morgan fingerprint density at radius 3 is 1.20 bits per heavy atom. The van der Waals surface area contributed by atoms with Gasteiger partial charge in [-0.05, 0) is 44.9 Å². The number of carbonyl (C=O) groups excluding carboxylic acids is 2. The van der Waals surface area contributed by atoms with Crippen LogP contribution >= 0.6 is 0 Å². The number of nitrogens with zero attached hydrogens (tertiary/aromatic N) is 1. The molecular weight excluding hydrogens is 859 g/mol. The number of hydrogen-bond acceptors (Lipinski definition) is 6. The number of carbonyl (C=O) groups is 3. The van der Waals surface area contributed by atoms with Gasteiger partial charge in [-0.15, -0.1) is 0 Å². The van der Waals surface area contributed by atoms with Gasteiger partial charge < -0.3 is 23.8 Å². The summed E-state index contributed by atoms with van der Waals surface area (Å²) >= 11 is 0. The third-order valence-corrected chi connectivity index (χ3v) is 13.6. The number of unbranched alkanes of at least 4 members (excludes halogenated alkanes) is 34. The van der Waals surface area contributed by atoms with Gasteiger partial charge in [-0.25, -0.2) is 4.79 Å². The predicted molar refractivity (Wildman–Crippen MR) is 294 cm³/mol. The van der Waals surface area contributed by atoms with E-state index in [1.165, 1.54) is 193 Å². The lowest BCUT2D eigenvalue weighted by Gasteiger charge is -2.31. The Balaban J connectivity index is 4.11. The highest BCUT2D eigenvalue weighted by atomic mass is 16.6. The molecule has 0 aliphatic carbocycles. The van der Waals surface area contributed by atoms with E-state index in [0.717, 1.165) is 57.8 Å². The molecule has 0 fully saturated rings. The van der Waals surface area contributed by atoms with Crippen LogP contribution < -0.4 is 0 Å². The van der Waals surface area contributed by atoms with Crippen molar-refractivity contribution in [2.75, 3.05) is 41.0 Å². The van der Waals surface area contributed by atoms with E-state index in [4.69, 9.17) is 14.2 Å². The summed E-state index contributed by atoms with van der Waals surface area (Å²) < 4.78 is 17.4. The van der Waals surface area contributed by atoms with E-state index in [1.54, 1.807) is 0 Å². The average molecular weight is 974 g/mol. The number of allylic oxidation sites excluding steroid dienone is 6. The second-order valence-electron chi connectivity index (χ2n) is 21.2. The summed E-state index contributed by atoms with van der Waals surface area (Å²) in [5.41, 5.74) is 0. The first kappa shape index (κ1) is 66.6. The van der Waals surface area contributed by atoms with Crippen molar-refractivity contribution in [1.29, 1.82) is 0 Å². The van der Waals surface area contributed by atoms with E-state index in [2.05, 4.69) is 50.3 Å². The first-order valence-electron chi connectivity index (χ1n) is 29.5. The van der Waals surface area contributed by atoms with Gasteiger partial charge in [0.1, 0.15) is 6.61 Å². The highest BCUT2D eigenvalue weighted by molar-refractivity contribution is 5.72. The number of hydrogen-bond donors (Lipinski definition) is 1. The maximum Gasteiger partial charge on any atom is 0.362 e. The Bertz CT molecular complexity index is 1220. The molecule has 0 rings (SSSR count). The molecule has 2 unspecified atom stereocenters. The molecule has 1 N–H and O–H groups in total. The molecular formula is C61H114NO7+. The van der Waals surface area contributed by atoms with Crippen LogP contribution in [0.4, 0.5) is 0 Å². The van der Waals surface area contributed by atoms with Gasteiger partial charge in [-0.1, -0.05) is 256 Å². The zero-order valence-electron chi connectivity index (χ0n) is 46.3. The molecule has 0 aliphatic rings. The standard InChI is InChI=1S/C61H113NO7/c1-6-8-10-12-14-16-18-20-22-24-26-28-30-32-33-35-37-39-41-43-45-47-49-51-59(63)68-56-57(55-67-54-53-58(61(65)66)62(3,4)5)69-60(64)52-50-48-46-44-42-40-38-36-34-31-29-27-25-23-21-19-17-15-13-11-9-7-2/h8,10,14,16,20,22,57-58H,6-7,9,11-13,15,17-19,21,23-56H2,1-5H3/p+1/b10-8+,16-14+,22-20+. The molecule has 69 heavy (non-hydrogen) atoms. The molecule has 0 aromatic rings. The van der Waals surface area contributed by atoms with Gasteiger partial charge >= 0.3 is 17.9 Å². The van der Waals surface area contributed by atoms with E-state index < -0.39 is 18.1 Å².